The van der Waals surface area contributed by atoms with Gasteiger partial charge in [-0.3, -0.25) is 9.69 Å². The van der Waals surface area contributed by atoms with Crippen molar-refractivity contribution in [2.45, 2.75) is 31.8 Å². The molecule has 1 atom stereocenters. The number of carboxylic acids is 1. The summed E-state index contributed by atoms with van der Waals surface area (Å²) in [4.78, 5) is 17.1. The number of para-hydroxylation sites is 1. The number of aliphatic carboxylic acids is 1. The van der Waals surface area contributed by atoms with Crippen LogP contribution < -0.4 is 0 Å². The fourth-order valence-corrected chi connectivity index (χ4v) is 3.96. The van der Waals surface area contributed by atoms with Gasteiger partial charge >= 0.3 is 5.97 Å². The standard InChI is InChI=1S/C21H22N2O2/c24-20(25)11-10-19-21-17(16-8-4-5-9-18(16)22-21)12-13-23(19)14-15-6-2-1-3-7-15/h1-9,19,22H,10-14H2,(H,24,25). The molecule has 4 heteroatoms. The number of rotatable bonds is 5. The van der Waals surface area contributed by atoms with Crippen molar-refractivity contribution in [3.63, 3.8) is 0 Å². The van der Waals surface area contributed by atoms with Crippen LogP contribution >= 0.6 is 0 Å². The summed E-state index contributed by atoms with van der Waals surface area (Å²) in [5.41, 5.74) is 4.97. The highest BCUT2D eigenvalue weighted by molar-refractivity contribution is 5.85. The summed E-state index contributed by atoms with van der Waals surface area (Å²) in [6.45, 7) is 1.80. The monoisotopic (exact) mass is 334 g/mol. The number of carboxylic acid groups (broad SMARTS) is 1. The summed E-state index contributed by atoms with van der Waals surface area (Å²) in [7, 11) is 0. The Morgan fingerprint density at radius 2 is 1.88 bits per heavy atom. The van der Waals surface area contributed by atoms with Crippen molar-refractivity contribution in [1.29, 1.82) is 0 Å². The first-order valence-corrected chi connectivity index (χ1v) is 8.81. The summed E-state index contributed by atoms with van der Waals surface area (Å²) in [6.07, 6.45) is 1.81. The Morgan fingerprint density at radius 3 is 2.68 bits per heavy atom. The molecule has 0 fully saturated rings. The number of carbonyl (C=O) groups is 1. The van der Waals surface area contributed by atoms with E-state index in [4.69, 9.17) is 0 Å². The van der Waals surface area contributed by atoms with E-state index in [9.17, 15) is 9.90 Å². The molecule has 0 amide bonds. The normalized spacial score (nSPS) is 17.5. The summed E-state index contributed by atoms with van der Waals surface area (Å²) in [5, 5.41) is 10.5. The second-order valence-electron chi connectivity index (χ2n) is 6.72. The SMILES string of the molecule is O=C(O)CCC1c2[nH]c3ccccc3c2CCN1Cc1ccccc1. The minimum atomic E-state index is -0.733. The van der Waals surface area contributed by atoms with Crippen LogP contribution in [0.5, 0.6) is 0 Å². The number of nitrogens with zero attached hydrogens (tertiary/aromatic N) is 1. The van der Waals surface area contributed by atoms with E-state index in [2.05, 4.69) is 52.3 Å². The van der Waals surface area contributed by atoms with E-state index in [0.29, 0.717) is 6.42 Å². The number of fused-ring (bicyclic) bond motifs is 3. The van der Waals surface area contributed by atoms with Gasteiger partial charge in [0.15, 0.2) is 0 Å². The second-order valence-corrected chi connectivity index (χ2v) is 6.72. The molecule has 1 aliphatic rings. The van der Waals surface area contributed by atoms with Gasteiger partial charge < -0.3 is 10.1 Å². The summed E-state index contributed by atoms with van der Waals surface area (Å²) < 4.78 is 0. The van der Waals surface area contributed by atoms with Crippen LogP contribution in [-0.4, -0.2) is 27.5 Å². The van der Waals surface area contributed by atoms with Gasteiger partial charge in [-0.2, -0.15) is 0 Å². The number of aromatic amines is 1. The van der Waals surface area contributed by atoms with Crippen LogP contribution in [-0.2, 0) is 17.8 Å². The number of nitrogens with one attached hydrogen (secondary N) is 1. The average Bonchev–Trinajstić information content (AvgIpc) is 3.00. The van der Waals surface area contributed by atoms with E-state index in [1.165, 1.54) is 22.2 Å². The molecule has 0 saturated carbocycles. The van der Waals surface area contributed by atoms with Crippen molar-refractivity contribution in [1.82, 2.24) is 9.88 Å². The molecule has 2 aromatic carbocycles. The van der Waals surface area contributed by atoms with E-state index in [1.807, 2.05) is 12.1 Å². The number of hydrogen-bond acceptors (Lipinski definition) is 2. The van der Waals surface area contributed by atoms with Crippen LogP contribution in [0.1, 0.15) is 35.7 Å². The van der Waals surface area contributed by atoms with Crippen molar-refractivity contribution in [2.24, 2.45) is 0 Å². The van der Waals surface area contributed by atoms with Crippen LogP contribution in [0.2, 0.25) is 0 Å². The van der Waals surface area contributed by atoms with Crippen molar-refractivity contribution in [3.05, 3.63) is 71.4 Å². The first kappa shape index (κ1) is 15.9. The van der Waals surface area contributed by atoms with Gasteiger partial charge in [-0.1, -0.05) is 48.5 Å². The summed E-state index contributed by atoms with van der Waals surface area (Å²) in [5.74, 6) is -0.733. The van der Waals surface area contributed by atoms with Gasteiger partial charge in [0.05, 0.1) is 6.04 Å². The van der Waals surface area contributed by atoms with Crippen LogP contribution in [0.15, 0.2) is 54.6 Å². The van der Waals surface area contributed by atoms with E-state index in [0.717, 1.165) is 25.0 Å². The Bertz CT molecular complexity index is 885. The van der Waals surface area contributed by atoms with Crippen LogP contribution in [0.4, 0.5) is 0 Å². The molecular weight excluding hydrogens is 312 g/mol. The zero-order chi connectivity index (χ0) is 17.2. The van der Waals surface area contributed by atoms with Crippen molar-refractivity contribution >= 4 is 16.9 Å². The Labute approximate surface area is 147 Å². The third-order valence-electron chi connectivity index (χ3n) is 5.13. The lowest BCUT2D eigenvalue weighted by Crippen LogP contribution is -2.35. The van der Waals surface area contributed by atoms with Gasteiger partial charge in [0.1, 0.15) is 0 Å². The predicted octanol–water partition coefficient (Wildman–Crippen LogP) is 4.13. The minimum absolute atomic E-state index is 0.118. The van der Waals surface area contributed by atoms with Crippen molar-refractivity contribution < 1.29 is 9.90 Å². The third-order valence-corrected chi connectivity index (χ3v) is 5.13. The Morgan fingerprint density at radius 1 is 1.12 bits per heavy atom. The van der Waals surface area contributed by atoms with Crippen LogP contribution in [0.25, 0.3) is 10.9 Å². The first-order valence-electron chi connectivity index (χ1n) is 8.81. The molecule has 0 bridgehead atoms. The molecule has 0 saturated heterocycles. The van der Waals surface area contributed by atoms with Crippen molar-refractivity contribution in [2.75, 3.05) is 6.54 Å². The van der Waals surface area contributed by atoms with Gasteiger partial charge in [-0.05, 0) is 30.0 Å². The van der Waals surface area contributed by atoms with Crippen LogP contribution in [0.3, 0.4) is 0 Å². The lowest BCUT2D eigenvalue weighted by Gasteiger charge is -2.35. The quantitative estimate of drug-likeness (QED) is 0.737. The molecule has 0 spiro atoms. The Kier molecular flexibility index (Phi) is 4.28. The van der Waals surface area contributed by atoms with E-state index in [1.54, 1.807) is 0 Å². The van der Waals surface area contributed by atoms with Crippen LogP contribution in [0, 0.1) is 0 Å². The zero-order valence-electron chi connectivity index (χ0n) is 14.1. The molecule has 0 radical (unpaired) electrons. The first-order chi connectivity index (χ1) is 12.2. The number of H-pyrrole nitrogens is 1. The molecule has 0 aliphatic carbocycles. The predicted molar refractivity (Wildman–Crippen MR) is 98.5 cm³/mol. The second kappa shape index (κ2) is 6.73. The largest absolute Gasteiger partial charge is 0.481 e. The number of benzene rings is 2. The Hall–Kier alpha value is -2.59. The maximum absolute atomic E-state index is 11.2. The highest BCUT2D eigenvalue weighted by atomic mass is 16.4. The molecule has 4 rings (SSSR count). The highest BCUT2D eigenvalue weighted by Crippen LogP contribution is 2.37. The lowest BCUT2D eigenvalue weighted by molar-refractivity contribution is -0.137. The molecule has 3 aromatic rings. The van der Waals surface area contributed by atoms with Crippen molar-refractivity contribution in [3.8, 4) is 0 Å². The molecule has 25 heavy (non-hydrogen) atoms. The maximum atomic E-state index is 11.2. The van der Waals surface area contributed by atoms with Gasteiger partial charge in [0.25, 0.3) is 0 Å². The molecule has 2 heterocycles. The van der Waals surface area contributed by atoms with E-state index < -0.39 is 5.97 Å². The molecule has 1 aromatic heterocycles. The number of hydrogen-bond donors (Lipinski definition) is 2. The highest BCUT2D eigenvalue weighted by Gasteiger charge is 2.30. The van der Waals surface area contributed by atoms with E-state index >= 15 is 0 Å². The molecule has 1 aliphatic heterocycles. The molecule has 2 N–H and O–H groups in total. The van der Waals surface area contributed by atoms with E-state index in [-0.39, 0.29) is 12.5 Å². The Balaban J connectivity index is 1.69. The molecule has 4 nitrogen and oxygen atoms in total. The smallest absolute Gasteiger partial charge is 0.303 e. The fraction of sp³-hybridized carbons (Fsp3) is 0.286. The molecule has 128 valence electrons. The lowest BCUT2D eigenvalue weighted by atomic mass is 9.94. The average molecular weight is 334 g/mol. The third kappa shape index (κ3) is 3.17. The summed E-state index contributed by atoms with van der Waals surface area (Å²) >= 11 is 0. The fourth-order valence-electron chi connectivity index (χ4n) is 3.96. The summed E-state index contributed by atoms with van der Waals surface area (Å²) in [6, 6.07) is 18.9. The minimum Gasteiger partial charge on any atom is -0.481 e. The zero-order valence-corrected chi connectivity index (χ0v) is 14.1. The maximum Gasteiger partial charge on any atom is 0.303 e. The molecule has 1 unspecified atom stereocenters. The van der Waals surface area contributed by atoms with Gasteiger partial charge in [-0.15, -0.1) is 0 Å². The number of aromatic nitrogens is 1. The topological polar surface area (TPSA) is 56.3 Å². The van der Waals surface area contributed by atoms with Gasteiger partial charge in [-0.25, -0.2) is 0 Å². The van der Waals surface area contributed by atoms with Gasteiger partial charge in [0, 0.05) is 36.1 Å². The van der Waals surface area contributed by atoms with Gasteiger partial charge in [0.2, 0.25) is 0 Å². The molecular formula is C21H22N2O2.